The fraction of sp³-hybridized carbons (Fsp3) is 0.550. The van der Waals surface area contributed by atoms with Crippen molar-refractivity contribution in [2.45, 2.75) is 64.5 Å². The number of amides is 3. The highest BCUT2D eigenvalue weighted by atomic mass is 16.5. The number of hydrogen-bond donors (Lipinski definition) is 3. The summed E-state index contributed by atoms with van der Waals surface area (Å²) in [6, 6.07) is -1.70. The third-order valence-corrected chi connectivity index (χ3v) is 4.22. The van der Waals surface area contributed by atoms with Gasteiger partial charge in [0.25, 0.3) is 0 Å². The number of esters is 1. The molecule has 0 spiro atoms. The molecule has 0 bridgehead atoms. The number of ketones is 1. The van der Waals surface area contributed by atoms with Crippen LogP contribution in [0.25, 0.3) is 0 Å². The lowest BCUT2D eigenvalue weighted by Crippen LogP contribution is -2.47. The number of allylic oxidation sites excluding steroid dienone is 2. The van der Waals surface area contributed by atoms with Crippen LogP contribution in [-0.4, -0.2) is 48.2 Å². The summed E-state index contributed by atoms with van der Waals surface area (Å²) >= 11 is 0. The minimum absolute atomic E-state index is 0.0531. The Kier molecular flexibility index (Phi) is 10.4. The lowest BCUT2D eigenvalue weighted by atomic mass is 9.91. The lowest BCUT2D eigenvalue weighted by molar-refractivity contribution is -0.144. The summed E-state index contributed by atoms with van der Waals surface area (Å²) in [5.41, 5.74) is 5.63. The third kappa shape index (κ3) is 8.71. The molecule has 4 N–H and O–H groups in total. The van der Waals surface area contributed by atoms with Gasteiger partial charge in [-0.2, -0.15) is 0 Å². The Balaban J connectivity index is 2.71. The zero-order valence-corrected chi connectivity index (χ0v) is 16.9. The summed E-state index contributed by atoms with van der Waals surface area (Å²) in [5, 5.41) is 5.19. The van der Waals surface area contributed by atoms with Crippen molar-refractivity contribution in [3.63, 3.8) is 0 Å². The van der Waals surface area contributed by atoms with E-state index in [1.54, 1.807) is 25.2 Å². The average Bonchev–Trinajstić information content (AvgIpc) is 2.66. The molecule has 0 radical (unpaired) electrons. The maximum atomic E-state index is 12.7. The smallest absolute Gasteiger partial charge is 0.306 e. The molecule has 2 atom stereocenters. The van der Waals surface area contributed by atoms with E-state index >= 15 is 0 Å². The second-order valence-corrected chi connectivity index (χ2v) is 6.61. The number of primary amides is 1. The van der Waals surface area contributed by atoms with Gasteiger partial charge in [0.2, 0.25) is 17.7 Å². The highest BCUT2D eigenvalue weighted by Gasteiger charge is 2.28. The van der Waals surface area contributed by atoms with Crippen LogP contribution in [-0.2, 0) is 28.7 Å². The summed E-state index contributed by atoms with van der Waals surface area (Å²) in [6.07, 6.45) is 5.86. The first-order valence-electron chi connectivity index (χ1n) is 9.72. The highest BCUT2D eigenvalue weighted by Crippen LogP contribution is 2.17. The number of nitrogens with two attached hydrogens (primary N) is 1. The van der Waals surface area contributed by atoms with Crippen LogP contribution in [0.1, 0.15) is 52.4 Å². The molecule has 0 saturated carbocycles. The molecule has 1 rings (SSSR count). The zero-order valence-electron chi connectivity index (χ0n) is 16.9. The quantitative estimate of drug-likeness (QED) is 0.400. The molecule has 3 amide bonds. The maximum Gasteiger partial charge on any atom is 0.306 e. The Hall–Kier alpha value is -2.97. The van der Waals surface area contributed by atoms with Crippen LogP contribution >= 0.6 is 0 Å². The molecule has 2 unspecified atom stereocenters. The third-order valence-electron chi connectivity index (χ3n) is 4.22. The van der Waals surface area contributed by atoms with Crippen LogP contribution < -0.4 is 16.4 Å². The molecule has 0 aromatic rings. The molecule has 0 heterocycles. The molecule has 0 saturated heterocycles. The Morgan fingerprint density at radius 3 is 2.48 bits per heavy atom. The van der Waals surface area contributed by atoms with Crippen molar-refractivity contribution in [2.24, 2.45) is 5.73 Å². The van der Waals surface area contributed by atoms with Crippen molar-refractivity contribution in [2.75, 3.05) is 6.61 Å². The van der Waals surface area contributed by atoms with Gasteiger partial charge in [-0.25, -0.2) is 0 Å². The number of carbonyl (C=O) groups excluding carboxylic acids is 5. The van der Waals surface area contributed by atoms with Crippen molar-refractivity contribution < 1.29 is 28.7 Å². The topological polar surface area (TPSA) is 145 Å². The van der Waals surface area contributed by atoms with Crippen LogP contribution in [0.4, 0.5) is 0 Å². The SMILES string of the molecule is CCCC(=O)NC(CC(=O)C1=CC=CCC1NC(=O)CCC(=O)OCC)C(N)=O. The number of hydrogen-bond acceptors (Lipinski definition) is 6. The van der Waals surface area contributed by atoms with E-state index in [1.807, 2.05) is 6.92 Å². The van der Waals surface area contributed by atoms with Gasteiger partial charge in [-0.1, -0.05) is 25.2 Å². The van der Waals surface area contributed by atoms with Gasteiger partial charge < -0.3 is 21.1 Å². The number of rotatable bonds is 12. The van der Waals surface area contributed by atoms with Crippen LogP contribution in [0.3, 0.4) is 0 Å². The fourth-order valence-electron chi connectivity index (χ4n) is 2.79. The van der Waals surface area contributed by atoms with Crippen molar-refractivity contribution in [3.05, 3.63) is 23.8 Å². The zero-order chi connectivity index (χ0) is 21.8. The largest absolute Gasteiger partial charge is 0.466 e. The molecule has 0 fully saturated rings. The first-order valence-corrected chi connectivity index (χ1v) is 9.72. The summed E-state index contributed by atoms with van der Waals surface area (Å²) in [5.74, 6) is -2.41. The Morgan fingerprint density at radius 2 is 1.86 bits per heavy atom. The van der Waals surface area contributed by atoms with E-state index in [0.29, 0.717) is 18.4 Å². The number of ether oxygens (including phenoxy) is 1. The summed E-state index contributed by atoms with van der Waals surface area (Å²) in [7, 11) is 0. The van der Waals surface area contributed by atoms with E-state index in [4.69, 9.17) is 10.5 Å². The molecule has 0 aromatic carbocycles. The molecule has 9 heteroatoms. The minimum Gasteiger partial charge on any atom is -0.466 e. The summed E-state index contributed by atoms with van der Waals surface area (Å²) in [4.78, 5) is 59.6. The van der Waals surface area contributed by atoms with E-state index in [-0.39, 0.29) is 44.1 Å². The van der Waals surface area contributed by atoms with Crippen LogP contribution in [0, 0.1) is 0 Å². The molecule has 9 nitrogen and oxygen atoms in total. The summed E-state index contributed by atoms with van der Waals surface area (Å²) < 4.78 is 4.78. The second kappa shape index (κ2) is 12.5. The number of carbonyl (C=O) groups is 5. The predicted molar refractivity (Wildman–Crippen MR) is 105 cm³/mol. The monoisotopic (exact) mass is 407 g/mol. The van der Waals surface area contributed by atoms with Gasteiger partial charge >= 0.3 is 5.97 Å². The normalized spacial score (nSPS) is 16.3. The van der Waals surface area contributed by atoms with Crippen LogP contribution in [0.5, 0.6) is 0 Å². The van der Waals surface area contributed by atoms with Gasteiger partial charge in [-0.15, -0.1) is 0 Å². The molecular formula is C20H29N3O6. The average molecular weight is 407 g/mol. The highest BCUT2D eigenvalue weighted by molar-refractivity contribution is 6.01. The Bertz CT molecular complexity index is 698. The minimum atomic E-state index is -1.12. The molecule has 1 aliphatic carbocycles. The van der Waals surface area contributed by atoms with Crippen molar-refractivity contribution >= 4 is 29.5 Å². The second-order valence-electron chi connectivity index (χ2n) is 6.61. The Labute approximate surface area is 170 Å². The van der Waals surface area contributed by atoms with Gasteiger partial charge in [0.1, 0.15) is 6.04 Å². The molecule has 160 valence electrons. The van der Waals surface area contributed by atoms with E-state index in [9.17, 15) is 24.0 Å². The summed E-state index contributed by atoms with van der Waals surface area (Å²) in [6.45, 7) is 3.74. The van der Waals surface area contributed by atoms with E-state index < -0.39 is 29.7 Å². The fourth-order valence-corrected chi connectivity index (χ4v) is 2.79. The molecule has 0 aromatic heterocycles. The van der Waals surface area contributed by atoms with Crippen LogP contribution in [0.15, 0.2) is 23.8 Å². The van der Waals surface area contributed by atoms with Gasteiger partial charge in [0.05, 0.1) is 19.1 Å². The van der Waals surface area contributed by atoms with Gasteiger partial charge in [-0.05, 0) is 19.8 Å². The van der Waals surface area contributed by atoms with E-state index in [2.05, 4.69) is 10.6 Å². The van der Waals surface area contributed by atoms with Crippen molar-refractivity contribution in [3.8, 4) is 0 Å². The maximum absolute atomic E-state index is 12.7. The van der Waals surface area contributed by atoms with Gasteiger partial charge in [0, 0.05) is 24.8 Å². The Morgan fingerprint density at radius 1 is 1.14 bits per heavy atom. The van der Waals surface area contributed by atoms with Crippen LogP contribution in [0.2, 0.25) is 0 Å². The van der Waals surface area contributed by atoms with Gasteiger partial charge in [-0.3, -0.25) is 24.0 Å². The van der Waals surface area contributed by atoms with E-state index in [1.165, 1.54) is 0 Å². The van der Waals surface area contributed by atoms with Crippen molar-refractivity contribution in [1.82, 2.24) is 10.6 Å². The molecule has 29 heavy (non-hydrogen) atoms. The van der Waals surface area contributed by atoms with Gasteiger partial charge in [0.15, 0.2) is 5.78 Å². The molecule has 1 aliphatic rings. The standard InChI is InChI=1S/C20H29N3O6/c1-3-7-17(25)23-15(20(21)28)12-16(24)13-8-5-6-9-14(13)22-18(26)10-11-19(27)29-4-2/h5-6,8,14-15H,3-4,7,9-12H2,1-2H3,(H2,21,28)(H,22,26)(H,23,25). The molecule has 0 aliphatic heterocycles. The van der Waals surface area contributed by atoms with E-state index in [0.717, 1.165) is 0 Å². The van der Waals surface area contributed by atoms with Crippen molar-refractivity contribution in [1.29, 1.82) is 0 Å². The first-order chi connectivity index (χ1) is 13.8. The molecular weight excluding hydrogens is 378 g/mol. The first kappa shape index (κ1) is 24.1. The number of nitrogens with one attached hydrogen (secondary N) is 2. The number of Topliss-reactive ketones (excluding diaryl/α,β-unsaturated/α-hetero) is 1. The lowest BCUT2D eigenvalue weighted by Gasteiger charge is -2.23. The predicted octanol–water partition coefficient (Wildman–Crippen LogP) is 0.430.